The Morgan fingerprint density at radius 1 is 0.735 bits per heavy atom. The summed E-state index contributed by atoms with van der Waals surface area (Å²) in [4.78, 5) is 48.0. The standard InChI is InChI=1S/C23H27N3O8/c24-17(11-13-1-5-15(27)6-2-13)21(31)25-18(9-10-20(29)30)22(32)26-19(23(33)34)12-14-3-7-16(28)8-4-14/h1-8,17-19,27-28H,9-12,24H2,(H,25,31)(H,26,32)(H,29,30)(H,33,34). The normalized spacial score (nSPS) is 13.3. The topological polar surface area (TPSA) is 199 Å². The SMILES string of the molecule is NC(Cc1ccc(O)cc1)C(=O)NC(CCC(=O)O)C(=O)NC(Cc1ccc(O)cc1)C(=O)O. The zero-order valence-electron chi connectivity index (χ0n) is 18.2. The Kier molecular flexibility index (Phi) is 9.38. The molecule has 0 aliphatic heterocycles. The lowest BCUT2D eigenvalue weighted by molar-refractivity contribution is -0.143. The summed E-state index contributed by atoms with van der Waals surface area (Å²) in [6.45, 7) is 0. The fourth-order valence-corrected chi connectivity index (χ4v) is 3.13. The fraction of sp³-hybridized carbons (Fsp3) is 0.304. The fourth-order valence-electron chi connectivity index (χ4n) is 3.13. The maximum absolute atomic E-state index is 12.8. The molecule has 0 saturated heterocycles. The van der Waals surface area contributed by atoms with Crippen molar-refractivity contribution in [3.63, 3.8) is 0 Å². The molecule has 2 aromatic rings. The van der Waals surface area contributed by atoms with E-state index in [2.05, 4.69) is 10.6 Å². The Balaban J connectivity index is 2.07. The molecular weight excluding hydrogens is 446 g/mol. The molecule has 11 nitrogen and oxygen atoms in total. The Bertz CT molecular complexity index is 1010. The van der Waals surface area contributed by atoms with Crippen LogP contribution >= 0.6 is 0 Å². The molecule has 2 amide bonds. The zero-order valence-corrected chi connectivity index (χ0v) is 18.2. The van der Waals surface area contributed by atoms with Crippen molar-refractivity contribution in [3.8, 4) is 11.5 Å². The number of benzene rings is 2. The largest absolute Gasteiger partial charge is 0.508 e. The monoisotopic (exact) mass is 473 g/mol. The van der Waals surface area contributed by atoms with E-state index in [1.807, 2.05) is 0 Å². The molecule has 0 aromatic heterocycles. The number of carbonyl (C=O) groups is 4. The van der Waals surface area contributed by atoms with E-state index in [4.69, 9.17) is 10.8 Å². The van der Waals surface area contributed by atoms with Gasteiger partial charge in [0.1, 0.15) is 23.6 Å². The van der Waals surface area contributed by atoms with Crippen molar-refractivity contribution in [2.24, 2.45) is 5.73 Å². The summed E-state index contributed by atoms with van der Waals surface area (Å²) in [6.07, 6.45) is -0.717. The number of hydrogen-bond acceptors (Lipinski definition) is 7. The van der Waals surface area contributed by atoms with E-state index in [9.17, 15) is 34.5 Å². The molecule has 0 heterocycles. The van der Waals surface area contributed by atoms with Gasteiger partial charge in [0.25, 0.3) is 0 Å². The van der Waals surface area contributed by atoms with Gasteiger partial charge >= 0.3 is 11.9 Å². The van der Waals surface area contributed by atoms with E-state index >= 15 is 0 Å². The maximum atomic E-state index is 12.8. The van der Waals surface area contributed by atoms with Gasteiger partial charge in [0.05, 0.1) is 6.04 Å². The Hall–Kier alpha value is -4.12. The van der Waals surface area contributed by atoms with E-state index in [0.29, 0.717) is 11.1 Å². The molecule has 0 fully saturated rings. The number of nitrogens with two attached hydrogens (primary N) is 1. The number of carbonyl (C=O) groups excluding carboxylic acids is 2. The number of amides is 2. The number of phenols is 2. The summed E-state index contributed by atoms with van der Waals surface area (Å²) in [6, 6.07) is 8.04. The number of nitrogens with one attached hydrogen (secondary N) is 2. The first-order valence-corrected chi connectivity index (χ1v) is 10.4. The minimum atomic E-state index is -1.35. The number of carboxylic acids is 2. The van der Waals surface area contributed by atoms with Crippen LogP contribution in [0, 0.1) is 0 Å². The van der Waals surface area contributed by atoms with E-state index in [0.717, 1.165) is 0 Å². The molecular formula is C23H27N3O8. The van der Waals surface area contributed by atoms with Crippen LogP contribution in [0.2, 0.25) is 0 Å². The highest BCUT2D eigenvalue weighted by molar-refractivity contribution is 5.92. The number of phenolic OH excluding ortho intramolecular Hbond substituents is 2. The maximum Gasteiger partial charge on any atom is 0.326 e. The quantitative estimate of drug-likeness (QED) is 0.224. The van der Waals surface area contributed by atoms with Crippen LogP contribution in [0.4, 0.5) is 0 Å². The van der Waals surface area contributed by atoms with Crippen LogP contribution < -0.4 is 16.4 Å². The highest BCUT2D eigenvalue weighted by Crippen LogP contribution is 2.13. The third kappa shape index (κ3) is 8.43. The molecule has 2 aromatic carbocycles. The van der Waals surface area contributed by atoms with Gasteiger partial charge in [-0.05, 0) is 48.2 Å². The van der Waals surface area contributed by atoms with Gasteiger partial charge in [-0.15, -0.1) is 0 Å². The number of aromatic hydroxyl groups is 2. The highest BCUT2D eigenvalue weighted by Gasteiger charge is 2.28. The van der Waals surface area contributed by atoms with Crippen LogP contribution in [-0.4, -0.2) is 62.3 Å². The van der Waals surface area contributed by atoms with E-state index < -0.39 is 48.3 Å². The molecule has 0 aliphatic rings. The second kappa shape index (κ2) is 12.2. The molecule has 0 spiro atoms. The van der Waals surface area contributed by atoms with Crippen molar-refractivity contribution < 1.29 is 39.6 Å². The number of carboxylic acid groups (broad SMARTS) is 2. The third-order valence-corrected chi connectivity index (χ3v) is 5.00. The first-order valence-electron chi connectivity index (χ1n) is 10.4. The van der Waals surface area contributed by atoms with Gasteiger partial charge in [0.2, 0.25) is 11.8 Å². The Labute approximate surface area is 195 Å². The average Bonchev–Trinajstić information content (AvgIpc) is 2.78. The molecule has 0 radical (unpaired) electrons. The minimum absolute atomic E-state index is 0.000231. The molecule has 8 N–H and O–H groups in total. The van der Waals surface area contributed by atoms with Crippen molar-refractivity contribution in [2.75, 3.05) is 0 Å². The summed E-state index contributed by atoms with van der Waals surface area (Å²) < 4.78 is 0. The van der Waals surface area contributed by atoms with Crippen molar-refractivity contribution >= 4 is 23.8 Å². The predicted molar refractivity (Wildman–Crippen MR) is 120 cm³/mol. The summed E-state index contributed by atoms with van der Waals surface area (Å²) in [5, 5.41) is 41.9. The van der Waals surface area contributed by atoms with Crippen LogP contribution in [0.15, 0.2) is 48.5 Å². The van der Waals surface area contributed by atoms with Gasteiger partial charge < -0.3 is 36.8 Å². The zero-order chi connectivity index (χ0) is 25.3. The number of aliphatic carboxylic acids is 2. The number of rotatable bonds is 12. The first-order chi connectivity index (χ1) is 16.0. The average molecular weight is 473 g/mol. The van der Waals surface area contributed by atoms with Crippen LogP contribution in [-0.2, 0) is 32.0 Å². The van der Waals surface area contributed by atoms with Crippen LogP contribution in [0.3, 0.4) is 0 Å². The molecule has 0 bridgehead atoms. The number of hydrogen-bond donors (Lipinski definition) is 7. The first kappa shape index (κ1) is 26.1. The van der Waals surface area contributed by atoms with Crippen molar-refractivity contribution in [2.45, 2.75) is 43.8 Å². The minimum Gasteiger partial charge on any atom is -0.508 e. The van der Waals surface area contributed by atoms with Crippen LogP contribution in [0.25, 0.3) is 0 Å². The second-order valence-electron chi connectivity index (χ2n) is 7.74. The summed E-state index contributed by atoms with van der Waals surface area (Å²) >= 11 is 0. The molecule has 11 heteroatoms. The van der Waals surface area contributed by atoms with Crippen LogP contribution in [0.1, 0.15) is 24.0 Å². The van der Waals surface area contributed by atoms with Crippen LogP contribution in [0.5, 0.6) is 11.5 Å². The molecule has 182 valence electrons. The second-order valence-corrected chi connectivity index (χ2v) is 7.74. The van der Waals surface area contributed by atoms with E-state index in [-0.39, 0.29) is 30.8 Å². The summed E-state index contributed by atoms with van der Waals surface area (Å²) in [5.74, 6) is -4.05. The lowest BCUT2D eigenvalue weighted by Gasteiger charge is -2.23. The van der Waals surface area contributed by atoms with E-state index in [1.54, 1.807) is 12.1 Å². The summed E-state index contributed by atoms with van der Waals surface area (Å²) in [7, 11) is 0. The molecule has 3 unspecified atom stereocenters. The highest BCUT2D eigenvalue weighted by atomic mass is 16.4. The van der Waals surface area contributed by atoms with Gasteiger partial charge in [-0.3, -0.25) is 14.4 Å². The van der Waals surface area contributed by atoms with Gasteiger partial charge in [-0.25, -0.2) is 4.79 Å². The smallest absolute Gasteiger partial charge is 0.326 e. The Morgan fingerprint density at radius 3 is 1.68 bits per heavy atom. The molecule has 34 heavy (non-hydrogen) atoms. The van der Waals surface area contributed by atoms with Crippen molar-refractivity contribution in [3.05, 3.63) is 59.7 Å². The lowest BCUT2D eigenvalue weighted by atomic mass is 10.0. The van der Waals surface area contributed by atoms with Crippen molar-refractivity contribution in [1.29, 1.82) is 0 Å². The Morgan fingerprint density at radius 2 is 1.21 bits per heavy atom. The lowest BCUT2D eigenvalue weighted by Crippen LogP contribution is -2.55. The van der Waals surface area contributed by atoms with E-state index in [1.165, 1.54) is 36.4 Å². The molecule has 0 saturated carbocycles. The van der Waals surface area contributed by atoms with Gasteiger partial charge in [-0.2, -0.15) is 0 Å². The predicted octanol–water partition coefficient (Wildman–Crippen LogP) is 0.129. The molecule has 2 rings (SSSR count). The van der Waals surface area contributed by atoms with Gasteiger partial charge in [0, 0.05) is 12.8 Å². The van der Waals surface area contributed by atoms with Gasteiger partial charge in [-0.1, -0.05) is 24.3 Å². The molecule has 0 aliphatic carbocycles. The van der Waals surface area contributed by atoms with Gasteiger partial charge in [0.15, 0.2) is 0 Å². The molecule has 3 atom stereocenters. The third-order valence-electron chi connectivity index (χ3n) is 5.00. The van der Waals surface area contributed by atoms with Crippen molar-refractivity contribution in [1.82, 2.24) is 10.6 Å². The summed E-state index contributed by atoms with van der Waals surface area (Å²) in [5.41, 5.74) is 7.11.